The molecule has 0 saturated heterocycles. The molecule has 0 aromatic rings. The van der Waals surface area contributed by atoms with Crippen LogP contribution in [0.15, 0.2) is 0 Å². The van der Waals surface area contributed by atoms with E-state index in [2.05, 4.69) is 22.6 Å². The zero-order chi connectivity index (χ0) is 2.71. The topological polar surface area (TPSA) is 0 Å². The maximum atomic E-state index is 2.16. The van der Waals surface area contributed by atoms with Crippen LogP contribution in [0.4, 0.5) is 0 Å². The van der Waals surface area contributed by atoms with E-state index in [9.17, 15) is 0 Å². The van der Waals surface area contributed by atoms with Crippen LogP contribution in [-0.2, 0) is 0 Å². The molecule has 0 N–H and O–H groups in total. The molecule has 20 valence electrons. The Hall–Kier alpha value is 2.37. The van der Waals surface area contributed by atoms with Gasteiger partial charge in [-0.25, -0.2) is 0 Å². The number of hydrogen-bond acceptors (Lipinski definition) is 0. The van der Waals surface area contributed by atoms with Crippen molar-refractivity contribution in [2.75, 3.05) is 0 Å². The number of hydrogen-bond donors (Lipinski definition) is 0. The molecular weight excluding hydrogens is 190 g/mol. The molecule has 0 amide bonds. The van der Waals surface area contributed by atoms with Gasteiger partial charge in [0, 0.05) is 0 Å². The Kier molecular flexibility index (Phi) is 21.7. The van der Waals surface area contributed by atoms with Crippen molar-refractivity contribution in [3.05, 3.63) is 4.43 Å². The summed E-state index contributed by atoms with van der Waals surface area (Å²) in [7, 11) is 0. The molecule has 0 aliphatic carbocycles. The summed E-state index contributed by atoms with van der Waals surface area (Å²) >= 11 is 2.16. The minimum Gasteiger partial charge on any atom is -0.316 e. The largest absolute Gasteiger partial charge is 1.00 e. The summed E-state index contributed by atoms with van der Waals surface area (Å²) in [5.41, 5.74) is 0. The van der Waals surface area contributed by atoms with E-state index < -0.39 is 0 Å². The minimum absolute atomic E-state index is 0. The van der Waals surface area contributed by atoms with Gasteiger partial charge < -0.3 is 22.6 Å². The van der Waals surface area contributed by atoms with Gasteiger partial charge in [0.25, 0.3) is 0 Å². The average molecular weight is 194 g/mol. The van der Waals surface area contributed by atoms with Crippen molar-refractivity contribution in [3.63, 3.8) is 0 Å². The molecule has 0 radical (unpaired) electrons. The molecule has 0 unspecified atom stereocenters. The molecule has 4 heavy (non-hydrogen) atoms. The standard InChI is InChI=1S/C2H4I.K/c1-2-3;/h2H,1H3;/q-1;+1. The molecular formula is C2H4IK. The van der Waals surface area contributed by atoms with Gasteiger partial charge in [-0.05, 0) is 0 Å². The van der Waals surface area contributed by atoms with Gasteiger partial charge in [0.15, 0.2) is 0 Å². The van der Waals surface area contributed by atoms with E-state index in [1.54, 1.807) is 0 Å². The maximum Gasteiger partial charge on any atom is 1.00 e. The molecule has 0 atom stereocenters. The third kappa shape index (κ3) is 8.84. The van der Waals surface area contributed by atoms with Crippen molar-refractivity contribution in [2.45, 2.75) is 6.92 Å². The molecule has 0 aliphatic heterocycles. The fourth-order valence-electron chi connectivity index (χ4n) is 0. The zero-order valence-electron chi connectivity index (χ0n) is 2.96. The Balaban J connectivity index is 0. The van der Waals surface area contributed by atoms with Crippen LogP contribution in [-0.4, -0.2) is 0 Å². The first kappa shape index (κ1) is 9.62. The van der Waals surface area contributed by atoms with Crippen LogP contribution < -0.4 is 51.4 Å². The maximum absolute atomic E-state index is 2.16. The fraction of sp³-hybridized carbons (Fsp3) is 0.500. The van der Waals surface area contributed by atoms with Crippen LogP contribution >= 0.6 is 22.6 Å². The summed E-state index contributed by atoms with van der Waals surface area (Å²) in [6, 6.07) is 0. The molecule has 0 nitrogen and oxygen atoms in total. The molecule has 0 rings (SSSR count). The first-order valence-electron chi connectivity index (χ1n) is 0.796. The summed E-state index contributed by atoms with van der Waals surface area (Å²) in [5, 5.41) is 0. The van der Waals surface area contributed by atoms with Gasteiger partial charge in [0.1, 0.15) is 0 Å². The normalized spacial score (nSPS) is 4.50. The molecule has 0 heterocycles. The van der Waals surface area contributed by atoms with Crippen molar-refractivity contribution in [1.82, 2.24) is 0 Å². The Bertz CT molecular complexity index is 6.00. The van der Waals surface area contributed by atoms with E-state index >= 15 is 0 Å². The van der Waals surface area contributed by atoms with Gasteiger partial charge in [-0.3, -0.25) is 4.43 Å². The number of rotatable bonds is 0. The summed E-state index contributed by atoms with van der Waals surface area (Å²) in [6.07, 6.45) is 0. The van der Waals surface area contributed by atoms with Crippen LogP contribution in [0.5, 0.6) is 0 Å². The van der Waals surface area contributed by atoms with Gasteiger partial charge in [-0.1, -0.05) is 0 Å². The molecule has 2 heteroatoms. The van der Waals surface area contributed by atoms with Crippen molar-refractivity contribution in [2.24, 2.45) is 0 Å². The Morgan fingerprint density at radius 1 is 1.75 bits per heavy atom. The summed E-state index contributed by atoms with van der Waals surface area (Å²) < 4.78 is 1.97. The predicted molar refractivity (Wildman–Crippen MR) is 24.0 cm³/mol. The molecule has 0 fully saturated rings. The van der Waals surface area contributed by atoms with Crippen LogP contribution in [0.1, 0.15) is 6.92 Å². The Morgan fingerprint density at radius 3 is 1.75 bits per heavy atom. The average Bonchev–Trinajstić information content (AvgIpc) is 0.918. The third-order valence-electron chi connectivity index (χ3n) is 0. The fourth-order valence-corrected chi connectivity index (χ4v) is 0. The SMILES string of the molecule is C[CH-]I.[K+]. The minimum atomic E-state index is 0. The van der Waals surface area contributed by atoms with Crippen LogP contribution in [0.3, 0.4) is 0 Å². The summed E-state index contributed by atoms with van der Waals surface area (Å²) in [5.74, 6) is 0. The van der Waals surface area contributed by atoms with Gasteiger partial charge in [-0.15, -0.1) is 0 Å². The molecule has 0 bridgehead atoms. The molecule has 0 saturated carbocycles. The second-order valence-electron chi connectivity index (χ2n) is 0.218. The van der Waals surface area contributed by atoms with Gasteiger partial charge in [0.2, 0.25) is 0 Å². The smallest absolute Gasteiger partial charge is 0.316 e. The van der Waals surface area contributed by atoms with E-state index in [1.807, 2.05) is 11.4 Å². The van der Waals surface area contributed by atoms with E-state index in [1.165, 1.54) is 0 Å². The Morgan fingerprint density at radius 2 is 1.75 bits per heavy atom. The second-order valence-corrected chi connectivity index (χ2v) is 1.46. The van der Waals surface area contributed by atoms with E-state index in [0.717, 1.165) is 0 Å². The van der Waals surface area contributed by atoms with Crippen LogP contribution in [0.25, 0.3) is 0 Å². The molecule has 0 aliphatic rings. The van der Waals surface area contributed by atoms with Crippen molar-refractivity contribution < 1.29 is 51.4 Å². The first-order valence-corrected chi connectivity index (χ1v) is 2.04. The van der Waals surface area contributed by atoms with E-state index in [4.69, 9.17) is 0 Å². The Labute approximate surface area is 83.3 Å². The third-order valence-corrected chi connectivity index (χ3v) is 0. The zero-order valence-corrected chi connectivity index (χ0v) is 8.24. The van der Waals surface area contributed by atoms with Crippen molar-refractivity contribution in [3.8, 4) is 0 Å². The van der Waals surface area contributed by atoms with Crippen molar-refractivity contribution >= 4 is 22.6 Å². The van der Waals surface area contributed by atoms with E-state index in [0.29, 0.717) is 0 Å². The molecule has 0 spiro atoms. The van der Waals surface area contributed by atoms with Gasteiger partial charge in [-0.2, -0.15) is 6.92 Å². The van der Waals surface area contributed by atoms with Crippen molar-refractivity contribution in [1.29, 1.82) is 0 Å². The quantitative estimate of drug-likeness (QED) is 0.253. The molecule has 0 aromatic carbocycles. The molecule has 0 aromatic heterocycles. The van der Waals surface area contributed by atoms with Crippen LogP contribution in [0.2, 0.25) is 0 Å². The monoisotopic (exact) mass is 194 g/mol. The van der Waals surface area contributed by atoms with E-state index in [-0.39, 0.29) is 51.4 Å². The van der Waals surface area contributed by atoms with Crippen LogP contribution in [0, 0.1) is 4.43 Å². The summed E-state index contributed by atoms with van der Waals surface area (Å²) in [4.78, 5) is 0. The first-order chi connectivity index (χ1) is 1.41. The van der Waals surface area contributed by atoms with Gasteiger partial charge >= 0.3 is 51.4 Å². The predicted octanol–water partition coefficient (Wildman–Crippen LogP) is -1.39. The number of halogens is 1. The second kappa shape index (κ2) is 9.03. The summed E-state index contributed by atoms with van der Waals surface area (Å²) in [6.45, 7) is 1.99. The van der Waals surface area contributed by atoms with Gasteiger partial charge in [0.05, 0.1) is 0 Å².